The highest BCUT2D eigenvalue weighted by molar-refractivity contribution is 5.74. The number of urea groups is 1. The van der Waals surface area contributed by atoms with Crippen molar-refractivity contribution in [2.75, 3.05) is 6.61 Å². The lowest BCUT2D eigenvalue weighted by Crippen LogP contribution is -2.43. The summed E-state index contributed by atoms with van der Waals surface area (Å²) in [5.74, 6) is -1.14. The lowest BCUT2D eigenvalue weighted by molar-refractivity contribution is -0.144. The van der Waals surface area contributed by atoms with Crippen LogP contribution in [0.4, 0.5) is 4.79 Å². The van der Waals surface area contributed by atoms with Gasteiger partial charge >= 0.3 is 12.0 Å². The molecule has 1 rings (SSSR count). The van der Waals surface area contributed by atoms with Crippen LogP contribution in [-0.4, -0.2) is 34.7 Å². The first kappa shape index (κ1) is 15.0. The Bertz CT molecular complexity index is 420. The highest BCUT2D eigenvalue weighted by Gasteiger charge is 2.17. The molecular formula is C13H18N2O4. The maximum absolute atomic E-state index is 11.9. The number of hydroxylamine groups is 1. The first-order chi connectivity index (χ1) is 9.00. The molecule has 0 aromatic heterocycles. The van der Waals surface area contributed by atoms with Crippen molar-refractivity contribution in [2.45, 2.75) is 26.4 Å². The van der Waals surface area contributed by atoms with Gasteiger partial charge in [-0.3, -0.25) is 4.84 Å². The Morgan fingerprint density at radius 2 is 1.95 bits per heavy atom. The molecule has 2 N–H and O–H groups in total. The molecule has 2 amide bonds. The Kier molecular flexibility index (Phi) is 5.81. The third-order valence-corrected chi connectivity index (χ3v) is 2.44. The minimum atomic E-state index is -1.14. The molecule has 0 saturated carbocycles. The van der Waals surface area contributed by atoms with E-state index in [4.69, 9.17) is 5.11 Å². The highest BCUT2D eigenvalue weighted by Crippen LogP contribution is 2.08. The molecule has 0 spiro atoms. The number of benzene rings is 1. The van der Waals surface area contributed by atoms with Gasteiger partial charge in [0.2, 0.25) is 0 Å². The number of hydrogen-bond donors (Lipinski definition) is 2. The van der Waals surface area contributed by atoms with Crippen molar-refractivity contribution in [1.29, 1.82) is 0 Å². The zero-order chi connectivity index (χ0) is 14.3. The fourth-order valence-electron chi connectivity index (χ4n) is 1.49. The molecule has 0 saturated heterocycles. The Hall–Kier alpha value is -2.08. The van der Waals surface area contributed by atoms with Crippen LogP contribution >= 0.6 is 0 Å². The number of carboxylic acid groups (broad SMARTS) is 1. The van der Waals surface area contributed by atoms with Crippen LogP contribution in [0.25, 0.3) is 0 Å². The molecule has 0 radical (unpaired) electrons. The monoisotopic (exact) mass is 266 g/mol. The van der Waals surface area contributed by atoms with Gasteiger partial charge in [-0.15, -0.1) is 0 Å². The second-order valence-electron chi connectivity index (χ2n) is 4.30. The fraction of sp³-hybridized carbons (Fsp3) is 0.385. The van der Waals surface area contributed by atoms with Gasteiger partial charge in [-0.1, -0.05) is 30.3 Å². The van der Waals surface area contributed by atoms with E-state index in [-0.39, 0.29) is 6.04 Å². The van der Waals surface area contributed by atoms with Gasteiger partial charge in [-0.05, 0) is 19.4 Å². The standard InChI is InChI=1S/C13H18N2O4/c1-10(2)15(8-11-6-4-3-5-7-11)13(18)14-19-9-12(16)17/h3-7,10H,8-9H2,1-2H3,(H,14,18)(H,16,17). The number of rotatable bonds is 6. The van der Waals surface area contributed by atoms with Crippen LogP contribution in [-0.2, 0) is 16.2 Å². The van der Waals surface area contributed by atoms with E-state index < -0.39 is 18.6 Å². The smallest absolute Gasteiger partial charge is 0.341 e. The summed E-state index contributed by atoms with van der Waals surface area (Å²) in [6.45, 7) is 3.61. The Morgan fingerprint density at radius 1 is 1.32 bits per heavy atom. The van der Waals surface area contributed by atoms with E-state index in [1.54, 1.807) is 4.90 Å². The van der Waals surface area contributed by atoms with Crippen LogP contribution in [0.3, 0.4) is 0 Å². The molecule has 0 bridgehead atoms. The summed E-state index contributed by atoms with van der Waals surface area (Å²) >= 11 is 0. The van der Waals surface area contributed by atoms with Crippen LogP contribution in [0.15, 0.2) is 30.3 Å². The Balaban J connectivity index is 2.57. The minimum Gasteiger partial charge on any atom is -0.479 e. The van der Waals surface area contributed by atoms with Crippen LogP contribution in [0, 0.1) is 0 Å². The van der Waals surface area contributed by atoms with E-state index in [1.165, 1.54) is 0 Å². The second kappa shape index (κ2) is 7.38. The zero-order valence-corrected chi connectivity index (χ0v) is 11.0. The maximum Gasteiger partial charge on any atom is 0.341 e. The van der Waals surface area contributed by atoms with Crippen molar-refractivity contribution in [3.8, 4) is 0 Å². The van der Waals surface area contributed by atoms with Gasteiger partial charge in [0.25, 0.3) is 0 Å². The minimum absolute atomic E-state index is 0.0337. The van der Waals surface area contributed by atoms with Crippen molar-refractivity contribution in [3.63, 3.8) is 0 Å². The molecule has 0 atom stereocenters. The van der Waals surface area contributed by atoms with Crippen LogP contribution in [0.1, 0.15) is 19.4 Å². The van der Waals surface area contributed by atoms with Gasteiger partial charge in [0.1, 0.15) is 0 Å². The van der Waals surface area contributed by atoms with Crippen LogP contribution in [0.5, 0.6) is 0 Å². The normalized spacial score (nSPS) is 10.3. The fourth-order valence-corrected chi connectivity index (χ4v) is 1.49. The largest absolute Gasteiger partial charge is 0.479 e. The summed E-state index contributed by atoms with van der Waals surface area (Å²) in [5.41, 5.74) is 3.11. The summed E-state index contributed by atoms with van der Waals surface area (Å²) in [6, 6.07) is 9.04. The molecule has 0 fully saturated rings. The predicted octanol–water partition coefficient (Wildman–Crippen LogP) is 1.62. The van der Waals surface area contributed by atoms with E-state index in [1.807, 2.05) is 44.2 Å². The van der Waals surface area contributed by atoms with Gasteiger partial charge in [-0.2, -0.15) is 0 Å². The zero-order valence-electron chi connectivity index (χ0n) is 11.0. The molecule has 1 aromatic rings. The Morgan fingerprint density at radius 3 is 2.47 bits per heavy atom. The number of carbonyl (C=O) groups is 2. The molecule has 0 aliphatic heterocycles. The number of amides is 2. The molecule has 6 nitrogen and oxygen atoms in total. The summed E-state index contributed by atoms with van der Waals surface area (Å²) in [7, 11) is 0. The third kappa shape index (κ3) is 5.39. The van der Waals surface area contributed by atoms with Crippen molar-refractivity contribution < 1.29 is 19.5 Å². The number of hydrogen-bond acceptors (Lipinski definition) is 3. The molecular weight excluding hydrogens is 248 g/mol. The molecule has 0 aliphatic carbocycles. The van der Waals surface area contributed by atoms with E-state index in [9.17, 15) is 9.59 Å². The highest BCUT2D eigenvalue weighted by atomic mass is 16.7. The molecule has 1 aromatic carbocycles. The average Bonchev–Trinajstić information content (AvgIpc) is 2.36. The van der Waals surface area contributed by atoms with Gasteiger partial charge in [-0.25, -0.2) is 15.1 Å². The van der Waals surface area contributed by atoms with Crippen molar-refractivity contribution in [2.24, 2.45) is 0 Å². The molecule has 19 heavy (non-hydrogen) atoms. The van der Waals surface area contributed by atoms with Gasteiger partial charge in [0, 0.05) is 12.6 Å². The summed E-state index contributed by atoms with van der Waals surface area (Å²) in [6.07, 6.45) is 0. The SMILES string of the molecule is CC(C)N(Cc1ccccc1)C(=O)NOCC(=O)O. The number of nitrogens with one attached hydrogen (secondary N) is 1. The summed E-state index contributed by atoms with van der Waals surface area (Å²) < 4.78 is 0. The first-order valence-electron chi connectivity index (χ1n) is 5.95. The molecule has 6 heteroatoms. The van der Waals surface area contributed by atoms with E-state index in [2.05, 4.69) is 10.3 Å². The lowest BCUT2D eigenvalue weighted by atomic mass is 10.2. The second-order valence-corrected chi connectivity index (χ2v) is 4.30. The van der Waals surface area contributed by atoms with Crippen LogP contribution in [0.2, 0.25) is 0 Å². The Labute approximate surface area is 111 Å². The number of carbonyl (C=O) groups excluding carboxylic acids is 1. The summed E-state index contributed by atoms with van der Waals surface area (Å²) in [4.78, 5) is 28.3. The van der Waals surface area contributed by atoms with E-state index >= 15 is 0 Å². The topological polar surface area (TPSA) is 78.9 Å². The number of nitrogens with zero attached hydrogens (tertiary/aromatic N) is 1. The molecule has 0 unspecified atom stereocenters. The molecule has 104 valence electrons. The number of carboxylic acids is 1. The predicted molar refractivity (Wildman–Crippen MR) is 69.2 cm³/mol. The molecule has 0 heterocycles. The van der Waals surface area contributed by atoms with Crippen molar-refractivity contribution in [1.82, 2.24) is 10.4 Å². The molecule has 0 aliphatic rings. The van der Waals surface area contributed by atoms with Gasteiger partial charge in [0.15, 0.2) is 6.61 Å². The first-order valence-corrected chi connectivity index (χ1v) is 5.95. The van der Waals surface area contributed by atoms with Crippen molar-refractivity contribution in [3.05, 3.63) is 35.9 Å². The van der Waals surface area contributed by atoms with Gasteiger partial charge in [0.05, 0.1) is 0 Å². The van der Waals surface area contributed by atoms with Crippen LogP contribution < -0.4 is 5.48 Å². The van der Waals surface area contributed by atoms with E-state index in [0.29, 0.717) is 6.54 Å². The van der Waals surface area contributed by atoms with Gasteiger partial charge < -0.3 is 10.0 Å². The summed E-state index contributed by atoms with van der Waals surface area (Å²) in [5, 5.41) is 8.42. The third-order valence-electron chi connectivity index (χ3n) is 2.44. The van der Waals surface area contributed by atoms with E-state index in [0.717, 1.165) is 5.56 Å². The maximum atomic E-state index is 11.9. The number of aliphatic carboxylic acids is 1. The average molecular weight is 266 g/mol. The van der Waals surface area contributed by atoms with Crippen molar-refractivity contribution >= 4 is 12.0 Å². The lowest BCUT2D eigenvalue weighted by Gasteiger charge is -2.26. The quantitative estimate of drug-likeness (QED) is 0.767.